The topological polar surface area (TPSA) is 18.5 Å². The van der Waals surface area contributed by atoms with Crippen LogP contribution in [0.1, 0.15) is 0 Å². The molecule has 1 heterocycles. The highest BCUT2D eigenvalue weighted by molar-refractivity contribution is 5.12. The zero-order valence-electron chi connectivity index (χ0n) is 8.85. The Morgan fingerprint density at radius 2 is 0.810 bits per heavy atom. The van der Waals surface area contributed by atoms with Gasteiger partial charge in [0.05, 0.1) is 0 Å². The molecule has 0 radical (unpaired) electrons. The van der Waals surface area contributed by atoms with E-state index in [0.717, 1.165) is 0 Å². The largest absolute Gasteiger partial charge is 0.462 e. The van der Waals surface area contributed by atoms with Crippen LogP contribution < -0.4 is 0 Å². The molecule has 1 aliphatic heterocycles. The molecule has 1 aliphatic rings. The first-order chi connectivity index (χ1) is 9.01. The van der Waals surface area contributed by atoms with Crippen molar-refractivity contribution in [2.45, 2.75) is 30.0 Å². The van der Waals surface area contributed by atoms with Gasteiger partial charge in [-0.2, -0.15) is 52.7 Å². The van der Waals surface area contributed by atoms with Crippen LogP contribution in [0, 0.1) is 0 Å². The molecule has 0 saturated heterocycles. The lowest BCUT2D eigenvalue weighted by Gasteiger charge is -2.40. The van der Waals surface area contributed by atoms with Crippen LogP contribution in [0.3, 0.4) is 0 Å². The molecule has 0 fully saturated rings. The molecule has 0 saturated carbocycles. The lowest BCUT2D eigenvalue weighted by atomic mass is 9.99. The summed E-state index contributed by atoms with van der Waals surface area (Å²) in [4.78, 5) is 0. The highest BCUT2D eigenvalue weighted by atomic mass is 19.4. The second-order valence-electron chi connectivity index (χ2n) is 3.51. The highest BCUT2D eigenvalue weighted by Crippen LogP contribution is 2.60. The molecule has 2 nitrogen and oxygen atoms in total. The fourth-order valence-corrected chi connectivity index (χ4v) is 1.18. The molecular formula is C7F12O2. The number of hydrogen-bond donors (Lipinski definition) is 0. The summed E-state index contributed by atoms with van der Waals surface area (Å²) in [6.45, 7) is 0. The van der Waals surface area contributed by atoms with Gasteiger partial charge in [-0.3, -0.25) is 0 Å². The molecule has 0 aromatic carbocycles. The highest BCUT2D eigenvalue weighted by Gasteiger charge is 2.91. The normalized spacial score (nSPS) is 20.4. The number of rotatable bonds is 2. The maximum Gasteiger partial charge on any atom is 0.462 e. The van der Waals surface area contributed by atoms with E-state index >= 15 is 0 Å². The van der Waals surface area contributed by atoms with Crippen molar-refractivity contribution >= 4 is 0 Å². The van der Waals surface area contributed by atoms with Gasteiger partial charge < -0.3 is 9.47 Å². The standard InChI is InChI=1S/C7F12O2/c8-1-2(9)21-5(20-1,3(10,11)6(14,15)16)4(12,13)7(17,18)19. The molecule has 21 heavy (non-hydrogen) atoms. The Morgan fingerprint density at radius 3 is 1.00 bits per heavy atom. The van der Waals surface area contributed by atoms with Gasteiger partial charge in [-0.1, -0.05) is 0 Å². The molecule has 0 aromatic heterocycles. The Hall–Kier alpha value is -1.50. The van der Waals surface area contributed by atoms with E-state index in [1.54, 1.807) is 0 Å². The summed E-state index contributed by atoms with van der Waals surface area (Å²) >= 11 is 0. The average Bonchev–Trinajstić information content (AvgIpc) is 2.53. The first-order valence-corrected chi connectivity index (χ1v) is 4.33. The van der Waals surface area contributed by atoms with Crippen LogP contribution in [0.4, 0.5) is 52.7 Å². The van der Waals surface area contributed by atoms with Crippen LogP contribution in [-0.4, -0.2) is 30.0 Å². The molecule has 1 rings (SSSR count). The molecule has 0 spiro atoms. The van der Waals surface area contributed by atoms with Gasteiger partial charge in [0.15, 0.2) is 0 Å². The van der Waals surface area contributed by atoms with Gasteiger partial charge in [0.25, 0.3) is 0 Å². The van der Waals surface area contributed by atoms with Gasteiger partial charge >= 0.3 is 42.0 Å². The van der Waals surface area contributed by atoms with Crippen molar-refractivity contribution in [1.82, 2.24) is 0 Å². The zero-order chi connectivity index (χ0) is 17.1. The van der Waals surface area contributed by atoms with Crippen molar-refractivity contribution in [3.8, 4) is 0 Å². The first kappa shape index (κ1) is 17.6. The Morgan fingerprint density at radius 1 is 0.571 bits per heavy atom. The number of ether oxygens (including phenoxy) is 2. The van der Waals surface area contributed by atoms with E-state index in [0.29, 0.717) is 0 Å². The molecule has 0 amide bonds. The van der Waals surface area contributed by atoms with E-state index < -0.39 is 42.0 Å². The van der Waals surface area contributed by atoms with E-state index in [-0.39, 0.29) is 0 Å². The summed E-state index contributed by atoms with van der Waals surface area (Å²) in [7, 11) is 0. The second kappa shape index (κ2) is 4.25. The fraction of sp³-hybridized carbons (Fsp3) is 0.714. The van der Waals surface area contributed by atoms with Crippen molar-refractivity contribution in [1.29, 1.82) is 0 Å². The Balaban J connectivity index is 3.57. The lowest BCUT2D eigenvalue weighted by Crippen LogP contribution is -2.71. The quantitative estimate of drug-likeness (QED) is 0.700. The maximum absolute atomic E-state index is 12.9. The Labute approximate surface area is 105 Å². The molecule has 0 aliphatic carbocycles. The van der Waals surface area contributed by atoms with Crippen molar-refractivity contribution in [3.63, 3.8) is 0 Å². The maximum atomic E-state index is 12.9. The van der Waals surface area contributed by atoms with Gasteiger partial charge in [-0.25, -0.2) is 0 Å². The minimum atomic E-state index is -7.12. The molecule has 124 valence electrons. The van der Waals surface area contributed by atoms with Gasteiger partial charge in [0.2, 0.25) is 0 Å². The predicted octanol–water partition coefficient (Wildman–Crippen LogP) is 4.19. The third-order valence-electron chi connectivity index (χ3n) is 2.16. The predicted molar refractivity (Wildman–Crippen MR) is 36.1 cm³/mol. The van der Waals surface area contributed by atoms with Crippen molar-refractivity contribution in [3.05, 3.63) is 12.0 Å². The van der Waals surface area contributed by atoms with Crippen molar-refractivity contribution < 1.29 is 62.2 Å². The van der Waals surface area contributed by atoms with Crippen LogP contribution >= 0.6 is 0 Å². The summed E-state index contributed by atoms with van der Waals surface area (Å²) in [5.41, 5.74) is 0. The third-order valence-corrected chi connectivity index (χ3v) is 2.16. The van der Waals surface area contributed by atoms with Crippen LogP contribution in [0.25, 0.3) is 0 Å². The second-order valence-corrected chi connectivity index (χ2v) is 3.51. The summed E-state index contributed by atoms with van der Waals surface area (Å²) in [5.74, 6) is -20.6. The minimum Gasteiger partial charge on any atom is -0.411 e. The summed E-state index contributed by atoms with van der Waals surface area (Å²) in [5, 5.41) is 0. The monoisotopic (exact) mass is 344 g/mol. The van der Waals surface area contributed by atoms with Crippen LogP contribution in [-0.2, 0) is 9.47 Å². The fourth-order valence-electron chi connectivity index (χ4n) is 1.18. The van der Waals surface area contributed by atoms with Crippen LogP contribution in [0.5, 0.6) is 0 Å². The smallest absolute Gasteiger partial charge is 0.411 e. The number of alkyl halides is 10. The molecular weight excluding hydrogens is 344 g/mol. The van der Waals surface area contributed by atoms with E-state index in [9.17, 15) is 52.7 Å². The average molecular weight is 344 g/mol. The van der Waals surface area contributed by atoms with E-state index in [2.05, 4.69) is 9.47 Å². The summed E-state index contributed by atoms with van der Waals surface area (Å²) < 4.78 is 154. The molecule has 0 aromatic rings. The Bertz CT molecular complexity index is 415. The van der Waals surface area contributed by atoms with Gasteiger partial charge in [-0.15, -0.1) is 0 Å². The zero-order valence-corrected chi connectivity index (χ0v) is 8.85. The van der Waals surface area contributed by atoms with Gasteiger partial charge in [0, 0.05) is 0 Å². The number of hydrogen-bond acceptors (Lipinski definition) is 2. The van der Waals surface area contributed by atoms with E-state index in [1.165, 1.54) is 0 Å². The molecule has 0 unspecified atom stereocenters. The van der Waals surface area contributed by atoms with Crippen LogP contribution in [0.2, 0.25) is 0 Å². The Kier molecular flexibility index (Phi) is 3.55. The first-order valence-electron chi connectivity index (χ1n) is 4.33. The van der Waals surface area contributed by atoms with E-state index in [4.69, 9.17) is 0 Å². The van der Waals surface area contributed by atoms with Gasteiger partial charge in [-0.05, 0) is 0 Å². The minimum absolute atomic E-state index is 2.52. The molecule has 14 heteroatoms. The third kappa shape index (κ3) is 2.14. The molecule has 0 N–H and O–H groups in total. The SMILES string of the molecule is FC1=C(F)OC(C(F)(F)C(F)(F)F)(C(F)(F)C(F)(F)F)O1. The lowest BCUT2D eigenvalue weighted by molar-refractivity contribution is -0.475. The number of halogens is 12. The van der Waals surface area contributed by atoms with Crippen molar-refractivity contribution in [2.75, 3.05) is 0 Å². The van der Waals surface area contributed by atoms with Gasteiger partial charge in [0.1, 0.15) is 0 Å². The van der Waals surface area contributed by atoms with Crippen LogP contribution in [0.15, 0.2) is 12.0 Å². The molecule has 0 atom stereocenters. The summed E-state index contributed by atoms with van der Waals surface area (Å²) in [6.07, 6.45) is -14.2. The van der Waals surface area contributed by atoms with Crippen molar-refractivity contribution in [2.24, 2.45) is 0 Å². The van der Waals surface area contributed by atoms with E-state index in [1.807, 2.05) is 0 Å². The summed E-state index contributed by atoms with van der Waals surface area (Å²) in [6, 6.07) is -6.44. The molecule has 0 bridgehead atoms.